The van der Waals surface area contributed by atoms with E-state index < -0.39 is 6.09 Å². The van der Waals surface area contributed by atoms with Crippen LogP contribution < -0.4 is 0 Å². The fourth-order valence-electron chi connectivity index (χ4n) is 2.26. The molecular weight excluding hydrogens is 182 g/mol. The summed E-state index contributed by atoms with van der Waals surface area (Å²) in [4.78, 5) is 12.2. The molecule has 1 unspecified atom stereocenters. The second-order valence-corrected chi connectivity index (χ2v) is 4.69. The SMILES string of the molecule is CC1(C)CN(C(=O)O)CCC1CCO. The van der Waals surface area contributed by atoms with Gasteiger partial charge in [0.2, 0.25) is 0 Å². The molecule has 1 heterocycles. The number of hydrogen-bond donors (Lipinski definition) is 2. The molecule has 0 aromatic heterocycles. The van der Waals surface area contributed by atoms with Crippen LogP contribution in [0.25, 0.3) is 0 Å². The average molecular weight is 201 g/mol. The fourth-order valence-corrected chi connectivity index (χ4v) is 2.26. The maximum absolute atomic E-state index is 10.8. The summed E-state index contributed by atoms with van der Waals surface area (Å²) in [5.41, 5.74) is -0.0145. The largest absolute Gasteiger partial charge is 0.465 e. The van der Waals surface area contributed by atoms with Gasteiger partial charge in [0.05, 0.1) is 0 Å². The van der Waals surface area contributed by atoms with Crippen molar-refractivity contribution in [1.29, 1.82) is 0 Å². The van der Waals surface area contributed by atoms with Crippen molar-refractivity contribution in [2.75, 3.05) is 19.7 Å². The molecule has 14 heavy (non-hydrogen) atoms. The molecular formula is C10H19NO3. The Balaban J connectivity index is 2.60. The number of amides is 1. The second kappa shape index (κ2) is 4.17. The second-order valence-electron chi connectivity index (χ2n) is 4.69. The number of nitrogens with zero attached hydrogens (tertiary/aromatic N) is 1. The number of piperidine rings is 1. The summed E-state index contributed by atoms with van der Waals surface area (Å²) in [6.45, 7) is 5.52. The monoisotopic (exact) mass is 201 g/mol. The van der Waals surface area contributed by atoms with Crippen LogP contribution in [0.1, 0.15) is 26.7 Å². The van der Waals surface area contributed by atoms with Crippen molar-refractivity contribution in [3.05, 3.63) is 0 Å². The van der Waals surface area contributed by atoms with Gasteiger partial charge in [0.15, 0.2) is 0 Å². The number of aliphatic hydroxyl groups is 1. The van der Waals surface area contributed by atoms with Crippen LogP contribution in [0, 0.1) is 11.3 Å². The zero-order valence-corrected chi connectivity index (χ0v) is 8.86. The van der Waals surface area contributed by atoms with Gasteiger partial charge < -0.3 is 15.1 Å². The van der Waals surface area contributed by atoms with E-state index in [0.29, 0.717) is 19.0 Å². The maximum atomic E-state index is 10.8. The van der Waals surface area contributed by atoms with Crippen molar-refractivity contribution in [3.63, 3.8) is 0 Å². The van der Waals surface area contributed by atoms with E-state index in [-0.39, 0.29) is 12.0 Å². The van der Waals surface area contributed by atoms with Gasteiger partial charge in [-0.05, 0) is 24.2 Å². The van der Waals surface area contributed by atoms with E-state index in [0.717, 1.165) is 12.8 Å². The molecule has 0 spiro atoms. The predicted octanol–water partition coefficient (Wildman–Crippen LogP) is 1.39. The normalized spacial score (nSPS) is 26.2. The van der Waals surface area contributed by atoms with Gasteiger partial charge in [0.1, 0.15) is 0 Å². The first-order valence-electron chi connectivity index (χ1n) is 5.06. The predicted molar refractivity (Wildman–Crippen MR) is 53.2 cm³/mol. The highest BCUT2D eigenvalue weighted by Gasteiger charge is 2.36. The lowest BCUT2D eigenvalue weighted by Gasteiger charge is -2.43. The Morgan fingerprint density at radius 1 is 1.57 bits per heavy atom. The van der Waals surface area contributed by atoms with E-state index in [9.17, 15) is 4.79 Å². The number of aliphatic hydroxyl groups excluding tert-OH is 1. The van der Waals surface area contributed by atoms with Crippen molar-refractivity contribution in [2.45, 2.75) is 26.7 Å². The zero-order chi connectivity index (χ0) is 10.8. The van der Waals surface area contributed by atoms with Gasteiger partial charge in [-0.1, -0.05) is 13.8 Å². The molecule has 0 bridgehead atoms. The van der Waals surface area contributed by atoms with Gasteiger partial charge in [-0.25, -0.2) is 4.79 Å². The van der Waals surface area contributed by atoms with Gasteiger partial charge in [-0.15, -0.1) is 0 Å². The van der Waals surface area contributed by atoms with Crippen LogP contribution in [0.15, 0.2) is 0 Å². The lowest BCUT2D eigenvalue weighted by molar-refractivity contribution is 0.0418. The van der Waals surface area contributed by atoms with E-state index in [2.05, 4.69) is 13.8 Å². The molecule has 4 nitrogen and oxygen atoms in total. The summed E-state index contributed by atoms with van der Waals surface area (Å²) in [5.74, 6) is 0.433. The lowest BCUT2D eigenvalue weighted by atomic mass is 9.72. The van der Waals surface area contributed by atoms with E-state index in [1.165, 1.54) is 4.90 Å². The standard InChI is InChI=1S/C10H19NO3/c1-10(2)7-11(9(13)14)5-3-8(10)4-6-12/h8,12H,3-7H2,1-2H3,(H,13,14). The quantitative estimate of drug-likeness (QED) is 0.709. The minimum atomic E-state index is -0.833. The highest BCUT2D eigenvalue weighted by atomic mass is 16.4. The molecule has 0 saturated carbocycles. The Bertz CT molecular complexity index is 215. The van der Waals surface area contributed by atoms with Crippen LogP contribution in [0.4, 0.5) is 4.79 Å². The molecule has 1 saturated heterocycles. The third kappa shape index (κ3) is 2.38. The summed E-state index contributed by atoms with van der Waals surface area (Å²) >= 11 is 0. The summed E-state index contributed by atoms with van der Waals surface area (Å²) in [6, 6.07) is 0. The molecule has 1 aliphatic rings. The van der Waals surface area contributed by atoms with Crippen LogP contribution in [0.3, 0.4) is 0 Å². The molecule has 1 rings (SSSR count). The van der Waals surface area contributed by atoms with Gasteiger partial charge in [-0.2, -0.15) is 0 Å². The number of rotatable bonds is 2. The molecule has 82 valence electrons. The van der Waals surface area contributed by atoms with Crippen LogP contribution >= 0.6 is 0 Å². The van der Waals surface area contributed by atoms with Gasteiger partial charge in [0.25, 0.3) is 0 Å². The minimum Gasteiger partial charge on any atom is -0.465 e. The minimum absolute atomic E-state index is 0.0145. The highest BCUT2D eigenvalue weighted by molar-refractivity contribution is 5.65. The molecule has 1 fully saturated rings. The Morgan fingerprint density at radius 2 is 2.21 bits per heavy atom. The van der Waals surface area contributed by atoms with Crippen LogP contribution in [0.2, 0.25) is 0 Å². The Kier molecular flexibility index (Phi) is 3.37. The molecule has 0 aromatic carbocycles. The first-order chi connectivity index (χ1) is 6.47. The number of carboxylic acid groups (broad SMARTS) is 1. The molecule has 1 atom stereocenters. The van der Waals surface area contributed by atoms with Crippen LogP contribution in [0.5, 0.6) is 0 Å². The third-order valence-electron chi connectivity index (χ3n) is 3.20. The van der Waals surface area contributed by atoms with Crippen LogP contribution in [-0.4, -0.2) is 40.9 Å². The van der Waals surface area contributed by atoms with E-state index in [1.807, 2.05) is 0 Å². The van der Waals surface area contributed by atoms with Crippen molar-refractivity contribution >= 4 is 6.09 Å². The molecule has 0 aromatic rings. The number of hydrogen-bond acceptors (Lipinski definition) is 2. The Hall–Kier alpha value is -0.770. The average Bonchev–Trinajstić information content (AvgIpc) is 2.08. The van der Waals surface area contributed by atoms with Crippen molar-refractivity contribution in [3.8, 4) is 0 Å². The third-order valence-corrected chi connectivity index (χ3v) is 3.20. The van der Waals surface area contributed by atoms with Gasteiger partial charge in [-0.3, -0.25) is 0 Å². The summed E-state index contributed by atoms with van der Waals surface area (Å²) in [5, 5.41) is 17.8. The molecule has 2 N–H and O–H groups in total. The fraction of sp³-hybridized carbons (Fsp3) is 0.900. The topological polar surface area (TPSA) is 60.8 Å². The van der Waals surface area contributed by atoms with Crippen LogP contribution in [-0.2, 0) is 0 Å². The molecule has 0 radical (unpaired) electrons. The first-order valence-corrected chi connectivity index (χ1v) is 5.06. The summed E-state index contributed by atoms with van der Waals surface area (Å²) < 4.78 is 0. The van der Waals surface area contributed by atoms with Crippen molar-refractivity contribution in [2.24, 2.45) is 11.3 Å². The molecule has 0 aliphatic carbocycles. The van der Waals surface area contributed by atoms with Crippen molar-refractivity contribution in [1.82, 2.24) is 4.90 Å². The van der Waals surface area contributed by atoms with E-state index in [4.69, 9.17) is 10.2 Å². The molecule has 1 aliphatic heterocycles. The summed E-state index contributed by atoms with van der Waals surface area (Å²) in [6.07, 6.45) is 0.806. The number of likely N-dealkylation sites (tertiary alicyclic amines) is 1. The molecule has 1 amide bonds. The number of carbonyl (C=O) groups is 1. The molecule has 4 heteroatoms. The van der Waals surface area contributed by atoms with Crippen molar-refractivity contribution < 1.29 is 15.0 Å². The smallest absolute Gasteiger partial charge is 0.407 e. The Morgan fingerprint density at radius 3 is 2.64 bits per heavy atom. The Labute approximate surface area is 84.5 Å². The zero-order valence-electron chi connectivity index (χ0n) is 8.86. The highest BCUT2D eigenvalue weighted by Crippen LogP contribution is 2.36. The maximum Gasteiger partial charge on any atom is 0.407 e. The lowest BCUT2D eigenvalue weighted by Crippen LogP contribution is -2.47. The van der Waals surface area contributed by atoms with E-state index >= 15 is 0 Å². The summed E-state index contributed by atoms with van der Waals surface area (Å²) in [7, 11) is 0. The van der Waals surface area contributed by atoms with E-state index in [1.54, 1.807) is 0 Å². The first kappa shape index (κ1) is 11.3. The van der Waals surface area contributed by atoms with Gasteiger partial charge in [0, 0.05) is 19.7 Å². The van der Waals surface area contributed by atoms with Gasteiger partial charge >= 0.3 is 6.09 Å².